The summed E-state index contributed by atoms with van der Waals surface area (Å²) in [5, 5.41) is 10.8. The van der Waals surface area contributed by atoms with Crippen molar-refractivity contribution in [3.63, 3.8) is 0 Å². The minimum atomic E-state index is -0.715. The van der Waals surface area contributed by atoms with Crippen molar-refractivity contribution in [2.45, 2.75) is 38.3 Å². The average Bonchev–Trinajstić information content (AvgIpc) is 2.49. The van der Waals surface area contributed by atoms with Crippen molar-refractivity contribution in [3.05, 3.63) is 38.9 Å². The molecular formula is C14H15BrN2O2. The molecule has 100 valence electrons. The maximum absolute atomic E-state index is 12.5. The van der Waals surface area contributed by atoms with Gasteiger partial charge in [-0.2, -0.15) is 0 Å². The molecule has 0 fully saturated rings. The Morgan fingerprint density at radius 3 is 3.00 bits per heavy atom. The van der Waals surface area contributed by atoms with E-state index in [1.54, 1.807) is 10.6 Å². The fourth-order valence-corrected chi connectivity index (χ4v) is 2.87. The van der Waals surface area contributed by atoms with E-state index >= 15 is 0 Å². The highest BCUT2D eigenvalue weighted by Gasteiger charge is 2.26. The Labute approximate surface area is 119 Å². The van der Waals surface area contributed by atoms with Gasteiger partial charge in [-0.15, -0.1) is 0 Å². The Bertz CT molecular complexity index is 706. The van der Waals surface area contributed by atoms with Crippen molar-refractivity contribution in [1.29, 1.82) is 0 Å². The summed E-state index contributed by atoms with van der Waals surface area (Å²) in [6.45, 7) is 2.35. The number of benzene rings is 1. The van der Waals surface area contributed by atoms with Crippen molar-refractivity contribution in [3.8, 4) is 0 Å². The van der Waals surface area contributed by atoms with Crippen molar-refractivity contribution in [1.82, 2.24) is 9.55 Å². The first kappa shape index (κ1) is 12.8. The molecule has 1 unspecified atom stereocenters. The second-order valence-electron chi connectivity index (χ2n) is 5.39. The predicted octanol–water partition coefficient (Wildman–Crippen LogP) is 2.25. The van der Waals surface area contributed by atoms with Crippen LogP contribution < -0.4 is 5.56 Å². The molecule has 0 bridgehead atoms. The summed E-state index contributed by atoms with van der Waals surface area (Å²) in [5.74, 6) is 0.772. The monoisotopic (exact) mass is 322 g/mol. The molecule has 2 aromatic rings. The van der Waals surface area contributed by atoms with Gasteiger partial charge in [0.05, 0.1) is 16.5 Å². The predicted molar refractivity (Wildman–Crippen MR) is 77.3 cm³/mol. The van der Waals surface area contributed by atoms with E-state index in [-0.39, 0.29) is 5.56 Å². The number of aryl methyl sites for hydroxylation is 1. The number of aliphatic hydroxyl groups is 1. The van der Waals surface area contributed by atoms with Crippen LogP contribution in [0.4, 0.5) is 0 Å². The molecule has 3 rings (SSSR count). The summed E-state index contributed by atoms with van der Waals surface area (Å²) in [4.78, 5) is 17.1. The number of fused-ring (bicyclic) bond motifs is 2. The van der Waals surface area contributed by atoms with E-state index in [0.717, 1.165) is 10.3 Å². The van der Waals surface area contributed by atoms with Crippen LogP contribution in [-0.2, 0) is 13.0 Å². The second-order valence-corrected chi connectivity index (χ2v) is 6.31. The maximum Gasteiger partial charge on any atom is 0.261 e. The highest BCUT2D eigenvalue weighted by atomic mass is 79.9. The standard InChI is InChI=1S/C14H15BrN2O2/c1-14(19)5-4-12-16-11-8-9(15)2-3-10(11)13(18)17(12)7-6-14/h2-3,8,19H,4-7H2,1H3. The third kappa shape index (κ3) is 2.32. The van der Waals surface area contributed by atoms with E-state index in [1.165, 1.54) is 0 Å². The van der Waals surface area contributed by atoms with Gasteiger partial charge in [-0.25, -0.2) is 4.98 Å². The quantitative estimate of drug-likeness (QED) is 0.809. The molecule has 0 spiro atoms. The number of nitrogens with zero attached hydrogens (tertiary/aromatic N) is 2. The molecule has 2 heterocycles. The van der Waals surface area contributed by atoms with E-state index in [2.05, 4.69) is 20.9 Å². The molecule has 1 aromatic carbocycles. The molecule has 0 radical (unpaired) electrons. The molecule has 0 amide bonds. The fourth-order valence-electron chi connectivity index (χ4n) is 2.52. The summed E-state index contributed by atoms with van der Waals surface area (Å²) in [6, 6.07) is 5.51. The zero-order valence-corrected chi connectivity index (χ0v) is 12.3. The van der Waals surface area contributed by atoms with E-state index in [0.29, 0.717) is 36.7 Å². The van der Waals surface area contributed by atoms with Crippen molar-refractivity contribution >= 4 is 26.8 Å². The van der Waals surface area contributed by atoms with Crippen LogP contribution >= 0.6 is 15.9 Å². The van der Waals surface area contributed by atoms with E-state index in [4.69, 9.17) is 0 Å². The number of hydrogen-bond donors (Lipinski definition) is 1. The second kappa shape index (κ2) is 4.42. The van der Waals surface area contributed by atoms with Gasteiger partial charge in [0.25, 0.3) is 5.56 Å². The molecule has 0 saturated carbocycles. The topological polar surface area (TPSA) is 55.1 Å². The minimum absolute atomic E-state index is 0.00907. The molecule has 0 saturated heterocycles. The van der Waals surface area contributed by atoms with Gasteiger partial charge in [0.2, 0.25) is 0 Å². The van der Waals surface area contributed by atoms with E-state index < -0.39 is 5.60 Å². The molecule has 19 heavy (non-hydrogen) atoms. The molecule has 1 atom stereocenters. The van der Waals surface area contributed by atoms with Crippen LogP contribution in [0.15, 0.2) is 27.5 Å². The van der Waals surface area contributed by atoms with E-state index in [9.17, 15) is 9.90 Å². The Kier molecular flexibility index (Phi) is 2.98. The lowest BCUT2D eigenvalue weighted by Gasteiger charge is -2.19. The lowest BCUT2D eigenvalue weighted by atomic mass is 9.97. The zero-order valence-electron chi connectivity index (χ0n) is 10.7. The van der Waals surface area contributed by atoms with Crippen LogP contribution in [0, 0.1) is 0 Å². The van der Waals surface area contributed by atoms with Crippen molar-refractivity contribution in [2.75, 3.05) is 0 Å². The molecular weight excluding hydrogens is 308 g/mol. The normalized spacial score (nSPS) is 23.1. The highest BCUT2D eigenvalue weighted by Crippen LogP contribution is 2.23. The van der Waals surface area contributed by atoms with Crippen LogP contribution in [0.25, 0.3) is 10.9 Å². The van der Waals surface area contributed by atoms with Crippen LogP contribution in [0.5, 0.6) is 0 Å². The Hall–Kier alpha value is -1.20. The number of halogens is 1. The molecule has 0 aliphatic carbocycles. The first-order valence-electron chi connectivity index (χ1n) is 6.38. The van der Waals surface area contributed by atoms with Gasteiger partial charge in [-0.05, 0) is 38.0 Å². The largest absolute Gasteiger partial charge is 0.390 e. The molecule has 1 aliphatic rings. The van der Waals surface area contributed by atoms with Crippen molar-refractivity contribution in [2.24, 2.45) is 0 Å². The summed E-state index contributed by atoms with van der Waals surface area (Å²) < 4.78 is 2.62. The smallest absolute Gasteiger partial charge is 0.261 e. The molecule has 1 aliphatic heterocycles. The molecule has 4 nitrogen and oxygen atoms in total. The Morgan fingerprint density at radius 2 is 2.21 bits per heavy atom. The third-order valence-corrected chi connectivity index (χ3v) is 4.25. The number of hydrogen-bond acceptors (Lipinski definition) is 3. The van der Waals surface area contributed by atoms with Crippen LogP contribution in [0.3, 0.4) is 0 Å². The average molecular weight is 323 g/mol. The van der Waals surface area contributed by atoms with Crippen LogP contribution in [0.2, 0.25) is 0 Å². The molecule has 1 N–H and O–H groups in total. The number of rotatable bonds is 0. The van der Waals surface area contributed by atoms with Gasteiger partial charge in [0.1, 0.15) is 5.82 Å². The van der Waals surface area contributed by atoms with Gasteiger partial charge in [-0.3, -0.25) is 9.36 Å². The summed E-state index contributed by atoms with van der Waals surface area (Å²) in [6.07, 6.45) is 1.85. The molecule has 5 heteroatoms. The summed E-state index contributed by atoms with van der Waals surface area (Å²) in [5.41, 5.74) is -0.00947. The minimum Gasteiger partial charge on any atom is -0.390 e. The van der Waals surface area contributed by atoms with Crippen LogP contribution in [-0.4, -0.2) is 20.3 Å². The lowest BCUT2D eigenvalue weighted by molar-refractivity contribution is 0.0426. The SMILES string of the molecule is CC1(O)CCc2nc3cc(Br)ccc3c(=O)n2CC1. The van der Waals surface area contributed by atoms with Gasteiger partial charge < -0.3 is 5.11 Å². The summed E-state index contributed by atoms with van der Waals surface area (Å²) >= 11 is 3.40. The highest BCUT2D eigenvalue weighted by molar-refractivity contribution is 9.10. The summed E-state index contributed by atoms with van der Waals surface area (Å²) in [7, 11) is 0. The first-order chi connectivity index (χ1) is 8.96. The zero-order chi connectivity index (χ0) is 13.6. The Morgan fingerprint density at radius 1 is 1.42 bits per heavy atom. The van der Waals surface area contributed by atoms with Gasteiger partial charge >= 0.3 is 0 Å². The van der Waals surface area contributed by atoms with Gasteiger partial charge in [0.15, 0.2) is 0 Å². The lowest BCUT2D eigenvalue weighted by Crippen LogP contribution is -2.26. The maximum atomic E-state index is 12.5. The van der Waals surface area contributed by atoms with E-state index in [1.807, 2.05) is 19.1 Å². The van der Waals surface area contributed by atoms with Crippen LogP contribution in [0.1, 0.15) is 25.6 Å². The molecule has 1 aromatic heterocycles. The third-order valence-electron chi connectivity index (χ3n) is 3.76. The van der Waals surface area contributed by atoms with Gasteiger partial charge in [0, 0.05) is 17.4 Å². The van der Waals surface area contributed by atoms with Crippen molar-refractivity contribution < 1.29 is 5.11 Å². The number of aromatic nitrogens is 2. The first-order valence-corrected chi connectivity index (χ1v) is 7.17. The fraction of sp³-hybridized carbons (Fsp3) is 0.429. The Balaban J connectivity index is 2.22. The van der Waals surface area contributed by atoms with Gasteiger partial charge in [-0.1, -0.05) is 15.9 Å².